The van der Waals surface area contributed by atoms with Gasteiger partial charge in [-0.3, -0.25) is 0 Å². The molecule has 7 nitrogen and oxygen atoms in total. The highest BCUT2D eigenvalue weighted by Gasteiger charge is 2.15. The van der Waals surface area contributed by atoms with Crippen molar-refractivity contribution in [2.45, 2.75) is 45.9 Å². The molecule has 0 atom stereocenters. The van der Waals surface area contributed by atoms with Crippen LogP contribution in [0.3, 0.4) is 0 Å². The van der Waals surface area contributed by atoms with Gasteiger partial charge in [-0.2, -0.15) is 4.98 Å². The zero-order valence-electron chi connectivity index (χ0n) is 21.5. The van der Waals surface area contributed by atoms with Crippen molar-refractivity contribution in [1.29, 1.82) is 0 Å². The highest BCUT2D eigenvalue weighted by Crippen LogP contribution is 2.26. The Labute approximate surface area is 214 Å². The van der Waals surface area contributed by atoms with E-state index in [1.807, 2.05) is 67.7 Å². The normalized spacial score (nSPS) is 11.4. The lowest BCUT2D eigenvalue weighted by atomic mass is 10.1. The minimum absolute atomic E-state index is 0.343. The summed E-state index contributed by atoms with van der Waals surface area (Å²) in [6.45, 7) is 11.0. The molecule has 0 aliphatic heterocycles. The quantitative estimate of drug-likeness (QED) is 0.167. The van der Waals surface area contributed by atoms with Gasteiger partial charge >= 0.3 is 6.01 Å². The molecule has 0 N–H and O–H groups in total. The van der Waals surface area contributed by atoms with Gasteiger partial charge in [-0.05, 0) is 30.2 Å². The van der Waals surface area contributed by atoms with Gasteiger partial charge in [0.1, 0.15) is 13.3 Å². The molecule has 0 fully saturated rings. The molecule has 4 rings (SSSR count). The summed E-state index contributed by atoms with van der Waals surface area (Å²) in [4.78, 5) is 9.06. The van der Waals surface area contributed by atoms with Crippen molar-refractivity contribution in [2.75, 3.05) is 13.2 Å². The second kappa shape index (κ2) is 12.0. The Morgan fingerprint density at radius 3 is 2.22 bits per heavy atom. The van der Waals surface area contributed by atoms with E-state index in [0.29, 0.717) is 31.8 Å². The predicted octanol–water partition coefficient (Wildman–Crippen LogP) is 6.30. The van der Waals surface area contributed by atoms with Crippen LogP contribution in [0.5, 0.6) is 11.9 Å². The number of aromatic nitrogens is 4. The molecule has 0 aliphatic rings. The second-order valence-electron chi connectivity index (χ2n) is 9.74. The van der Waals surface area contributed by atoms with E-state index in [1.165, 1.54) is 0 Å². The summed E-state index contributed by atoms with van der Waals surface area (Å²) in [6, 6.07) is 23.6. The van der Waals surface area contributed by atoms with Crippen LogP contribution in [-0.2, 0) is 18.1 Å². The van der Waals surface area contributed by atoms with E-state index >= 15 is 0 Å². The van der Waals surface area contributed by atoms with Crippen LogP contribution in [0.1, 0.15) is 12.5 Å². The molecule has 0 aliphatic carbocycles. The van der Waals surface area contributed by atoms with Crippen molar-refractivity contribution in [3.63, 3.8) is 0 Å². The molecule has 0 spiro atoms. The predicted molar refractivity (Wildman–Crippen MR) is 145 cm³/mol. The van der Waals surface area contributed by atoms with E-state index in [1.54, 1.807) is 4.68 Å². The monoisotopic (exact) mass is 502 g/mol. The molecule has 0 saturated carbocycles. The highest BCUT2D eigenvalue weighted by atomic mass is 28.3. The summed E-state index contributed by atoms with van der Waals surface area (Å²) in [5.41, 5.74) is 4.13. The zero-order chi connectivity index (χ0) is 25.4. The van der Waals surface area contributed by atoms with Gasteiger partial charge in [-0.25, -0.2) is 9.67 Å². The van der Waals surface area contributed by atoms with Crippen molar-refractivity contribution in [3.8, 4) is 34.4 Å². The van der Waals surface area contributed by atoms with Gasteiger partial charge in [0, 0.05) is 38.1 Å². The number of nitrogens with zero attached hydrogens (tertiary/aromatic N) is 4. The lowest BCUT2D eigenvalue weighted by Gasteiger charge is -2.15. The zero-order valence-corrected chi connectivity index (χ0v) is 22.5. The minimum atomic E-state index is -1.15. The standard InChI is InChI=1S/C28H34N4O3Si/c1-5-34-28-30-27(32(31-28)21-33-17-18-36(2,3)4)24-13-11-23(12-14-24)25-15-16-26(29-19-25)35-20-22-9-7-6-8-10-22/h6-16,19H,5,17-18,20-21H2,1-4H3. The number of hydrogen-bond donors (Lipinski definition) is 0. The average molecular weight is 503 g/mol. The number of benzene rings is 2. The number of rotatable bonds is 12. The van der Waals surface area contributed by atoms with E-state index in [9.17, 15) is 0 Å². The van der Waals surface area contributed by atoms with Gasteiger partial charge in [-0.15, -0.1) is 5.10 Å². The molecular weight excluding hydrogens is 468 g/mol. The third kappa shape index (κ3) is 7.25. The van der Waals surface area contributed by atoms with Crippen molar-refractivity contribution in [3.05, 3.63) is 78.5 Å². The van der Waals surface area contributed by atoms with Crippen molar-refractivity contribution in [2.24, 2.45) is 0 Å². The van der Waals surface area contributed by atoms with E-state index in [4.69, 9.17) is 14.2 Å². The molecule has 2 aromatic carbocycles. The molecule has 0 unspecified atom stereocenters. The SMILES string of the molecule is CCOc1nc(-c2ccc(-c3ccc(OCc4ccccc4)nc3)cc2)n(COCC[Si](C)(C)C)n1. The number of pyridine rings is 1. The van der Waals surface area contributed by atoms with Crippen LogP contribution in [0, 0.1) is 0 Å². The summed E-state index contributed by atoms with van der Waals surface area (Å²) < 4.78 is 19.0. The van der Waals surface area contributed by atoms with Crippen LogP contribution in [0.25, 0.3) is 22.5 Å². The molecule has 0 saturated heterocycles. The van der Waals surface area contributed by atoms with Crippen molar-refractivity contribution >= 4 is 8.07 Å². The smallest absolute Gasteiger partial charge is 0.336 e. The van der Waals surface area contributed by atoms with E-state index in [2.05, 4.69) is 46.8 Å². The van der Waals surface area contributed by atoms with Gasteiger partial charge in [0.25, 0.3) is 0 Å². The van der Waals surface area contributed by atoms with E-state index in [0.717, 1.165) is 40.7 Å². The fourth-order valence-electron chi connectivity index (χ4n) is 3.52. The summed E-state index contributed by atoms with van der Waals surface area (Å²) in [5.74, 6) is 1.32. The van der Waals surface area contributed by atoms with E-state index in [-0.39, 0.29) is 0 Å². The molecular formula is C28H34N4O3Si. The van der Waals surface area contributed by atoms with Crippen LogP contribution in [0.4, 0.5) is 0 Å². The second-order valence-corrected chi connectivity index (χ2v) is 15.4. The largest absolute Gasteiger partial charge is 0.473 e. The van der Waals surface area contributed by atoms with Gasteiger partial charge in [0.2, 0.25) is 5.88 Å². The minimum Gasteiger partial charge on any atom is -0.473 e. The lowest BCUT2D eigenvalue weighted by molar-refractivity contribution is 0.0786. The van der Waals surface area contributed by atoms with Crippen LogP contribution >= 0.6 is 0 Å². The first-order valence-corrected chi connectivity index (χ1v) is 16.0. The average Bonchev–Trinajstić information content (AvgIpc) is 3.29. The molecule has 0 bridgehead atoms. The summed E-state index contributed by atoms with van der Waals surface area (Å²) in [6.07, 6.45) is 1.83. The Hall–Kier alpha value is -3.49. The van der Waals surface area contributed by atoms with Crippen molar-refractivity contribution < 1.29 is 14.2 Å². The Kier molecular flexibility index (Phi) is 8.51. The fourth-order valence-corrected chi connectivity index (χ4v) is 4.28. The van der Waals surface area contributed by atoms with Crippen LogP contribution in [-0.4, -0.2) is 41.0 Å². The molecule has 2 aromatic heterocycles. The Morgan fingerprint density at radius 1 is 0.833 bits per heavy atom. The third-order valence-electron chi connectivity index (χ3n) is 5.58. The molecule has 0 amide bonds. The van der Waals surface area contributed by atoms with Gasteiger partial charge in [-0.1, -0.05) is 74.2 Å². The molecule has 8 heteroatoms. The Bertz CT molecular complexity index is 1220. The summed E-state index contributed by atoms with van der Waals surface area (Å²) >= 11 is 0. The van der Waals surface area contributed by atoms with Crippen LogP contribution in [0.2, 0.25) is 25.7 Å². The molecule has 0 radical (unpaired) electrons. The fraction of sp³-hybridized carbons (Fsp3) is 0.321. The van der Waals surface area contributed by atoms with Crippen LogP contribution in [0.15, 0.2) is 72.9 Å². The molecule has 4 aromatic rings. The summed E-state index contributed by atoms with van der Waals surface area (Å²) in [5, 5.41) is 4.49. The van der Waals surface area contributed by atoms with Gasteiger partial charge < -0.3 is 14.2 Å². The van der Waals surface area contributed by atoms with Gasteiger partial charge in [0.15, 0.2) is 5.82 Å². The maximum Gasteiger partial charge on any atom is 0.336 e. The number of hydrogen-bond acceptors (Lipinski definition) is 6. The first-order valence-electron chi connectivity index (χ1n) is 12.3. The number of ether oxygens (including phenoxy) is 3. The Balaban J connectivity index is 1.43. The first kappa shape index (κ1) is 25.6. The maximum absolute atomic E-state index is 5.92. The topological polar surface area (TPSA) is 71.3 Å². The lowest BCUT2D eigenvalue weighted by Crippen LogP contribution is -2.22. The van der Waals surface area contributed by atoms with Crippen LogP contribution < -0.4 is 9.47 Å². The molecule has 188 valence electrons. The first-order chi connectivity index (χ1) is 17.4. The molecule has 36 heavy (non-hydrogen) atoms. The van der Waals surface area contributed by atoms with E-state index < -0.39 is 8.07 Å². The Morgan fingerprint density at radius 2 is 1.56 bits per heavy atom. The summed E-state index contributed by atoms with van der Waals surface area (Å²) in [7, 11) is -1.15. The van der Waals surface area contributed by atoms with Crippen molar-refractivity contribution in [1.82, 2.24) is 19.7 Å². The maximum atomic E-state index is 5.92. The third-order valence-corrected chi connectivity index (χ3v) is 7.28. The highest BCUT2D eigenvalue weighted by molar-refractivity contribution is 6.76. The molecule has 2 heterocycles. The van der Waals surface area contributed by atoms with Gasteiger partial charge in [0.05, 0.1) is 6.61 Å².